The first kappa shape index (κ1) is 9.20. The van der Waals surface area contributed by atoms with E-state index in [4.69, 9.17) is 11.6 Å². The average molecular weight is 184 g/mol. The number of aromatic nitrogens is 1. The number of hydrogen-bond acceptors (Lipinski definition) is 2. The van der Waals surface area contributed by atoms with Crippen molar-refractivity contribution in [1.82, 2.24) is 4.98 Å². The van der Waals surface area contributed by atoms with Crippen molar-refractivity contribution in [3.8, 4) is 0 Å². The van der Waals surface area contributed by atoms with Crippen molar-refractivity contribution < 1.29 is 4.79 Å². The Morgan fingerprint density at radius 3 is 3.00 bits per heavy atom. The summed E-state index contributed by atoms with van der Waals surface area (Å²) in [4.78, 5) is 15.2. The maximum atomic E-state index is 11.3. The van der Waals surface area contributed by atoms with Crippen LogP contribution < -0.4 is 0 Å². The first-order valence-electron chi connectivity index (χ1n) is 3.89. The van der Waals surface area contributed by atoms with Gasteiger partial charge in [-0.2, -0.15) is 0 Å². The standard InChI is InChI=1S/C9H10ClNO/c1-2-4-8(12)7-5-3-6-11-9(7)10/h3,5-6H,2,4H2,1H3. The Labute approximate surface area is 76.6 Å². The molecule has 3 heteroatoms. The zero-order valence-electron chi connectivity index (χ0n) is 6.88. The lowest BCUT2D eigenvalue weighted by atomic mass is 10.1. The van der Waals surface area contributed by atoms with Gasteiger partial charge in [0.05, 0.1) is 5.56 Å². The predicted octanol–water partition coefficient (Wildman–Crippen LogP) is 2.72. The van der Waals surface area contributed by atoms with E-state index in [1.54, 1.807) is 18.3 Å². The van der Waals surface area contributed by atoms with Crippen molar-refractivity contribution in [2.45, 2.75) is 19.8 Å². The molecule has 0 amide bonds. The molecule has 0 aliphatic rings. The predicted molar refractivity (Wildman–Crippen MR) is 48.5 cm³/mol. The summed E-state index contributed by atoms with van der Waals surface area (Å²) in [6.45, 7) is 1.96. The molecule has 1 heterocycles. The van der Waals surface area contributed by atoms with Crippen LogP contribution in [0.4, 0.5) is 0 Å². The number of ketones is 1. The Morgan fingerprint density at radius 2 is 2.42 bits per heavy atom. The van der Waals surface area contributed by atoms with E-state index < -0.39 is 0 Å². The third-order valence-electron chi connectivity index (χ3n) is 1.54. The van der Waals surface area contributed by atoms with Crippen LogP contribution in [0.5, 0.6) is 0 Å². The van der Waals surface area contributed by atoms with E-state index in [0.717, 1.165) is 6.42 Å². The van der Waals surface area contributed by atoms with Crippen molar-refractivity contribution in [3.05, 3.63) is 29.0 Å². The van der Waals surface area contributed by atoms with Crippen molar-refractivity contribution in [3.63, 3.8) is 0 Å². The number of Topliss-reactive ketones (excluding diaryl/α,β-unsaturated/α-hetero) is 1. The third kappa shape index (κ3) is 2.05. The minimum absolute atomic E-state index is 0.0654. The Kier molecular flexibility index (Phi) is 3.23. The lowest BCUT2D eigenvalue weighted by molar-refractivity contribution is 0.0981. The zero-order chi connectivity index (χ0) is 8.97. The highest BCUT2D eigenvalue weighted by Crippen LogP contribution is 2.14. The van der Waals surface area contributed by atoms with E-state index in [1.165, 1.54) is 0 Å². The molecular weight excluding hydrogens is 174 g/mol. The molecule has 0 bridgehead atoms. The topological polar surface area (TPSA) is 30.0 Å². The van der Waals surface area contributed by atoms with Crippen LogP contribution in [0.3, 0.4) is 0 Å². The third-order valence-corrected chi connectivity index (χ3v) is 1.84. The van der Waals surface area contributed by atoms with Gasteiger partial charge in [-0.05, 0) is 18.6 Å². The van der Waals surface area contributed by atoms with Gasteiger partial charge in [0.25, 0.3) is 0 Å². The van der Waals surface area contributed by atoms with Gasteiger partial charge in [-0.15, -0.1) is 0 Å². The van der Waals surface area contributed by atoms with Crippen LogP contribution in [0.1, 0.15) is 30.1 Å². The highest BCUT2D eigenvalue weighted by atomic mass is 35.5. The van der Waals surface area contributed by atoms with E-state index in [9.17, 15) is 4.79 Å². The molecular formula is C9H10ClNO. The molecule has 2 nitrogen and oxygen atoms in total. The number of carbonyl (C=O) groups is 1. The summed E-state index contributed by atoms with van der Waals surface area (Å²) in [6, 6.07) is 3.42. The number of carbonyl (C=O) groups excluding carboxylic acids is 1. The minimum Gasteiger partial charge on any atom is -0.294 e. The molecule has 12 heavy (non-hydrogen) atoms. The molecule has 0 aliphatic heterocycles. The number of rotatable bonds is 3. The molecule has 0 fully saturated rings. The minimum atomic E-state index is 0.0654. The second-order valence-corrected chi connectivity index (χ2v) is 2.87. The number of pyridine rings is 1. The smallest absolute Gasteiger partial charge is 0.165 e. The van der Waals surface area contributed by atoms with Crippen molar-refractivity contribution >= 4 is 17.4 Å². The molecule has 0 aliphatic carbocycles. The van der Waals surface area contributed by atoms with Crippen LogP contribution in [0.2, 0.25) is 5.15 Å². The first-order valence-corrected chi connectivity index (χ1v) is 4.27. The van der Waals surface area contributed by atoms with E-state index >= 15 is 0 Å². The molecule has 0 spiro atoms. The lowest BCUT2D eigenvalue weighted by Gasteiger charge is -1.99. The van der Waals surface area contributed by atoms with Gasteiger partial charge in [-0.25, -0.2) is 4.98 Å². The molecule has 0 radical (unpaired) electrons. The van der Waals surface area contributed by atoms with Gasteiger partial charge < -0.3 is 0 Å². The lowest BCUT2D eigenvalue weighted by Crippen LogP contribution is -1.99. The highest BCUT2D eigenvalue weighted by Gasteiger charge is 2.08. The van der Waals surface area contributed by atoms with Gasteiger partial charge >= 0.3 is 0 Å². The van der Waals surface area contributed by atoms with Gasteiger partial charge in [0.15, 0.2) is 5.78 Å². The molecule has 0 unspecified atom stereocenters. The fraction of sp³-hybridized carbons (Fsp3) is 0.333. The van der Waals surface area contributed by atoms with E-state index in [0.29, 0.717) is 17.1 Å². The largest absolute Gasteiger partial charge is 0.294 e. The van der Waals surface area contributed by atoms with Crippen LogP contribution in [0, 0.1) is 0 Å². The zero-order valence-corrected chi connectivity index (χ0v) is 7.64. The van der Waals surface area contributed by atoms with Gasteiger partial charge in [-0.1, -0.05) is 18.5 Å². The van der Waals surface area contributed by atoms with E-state index in [1.807, 2.05) is 6.92 Å². The number of halogens is 1. The molecule has 0 N–H and O–H groups in total. The van der Waals surface area contributed by atoms with Crippen LogP contribution in [-0.2, 0) is 0 Å². The summed E-state index contributed by atoms with van der Waals surface area (Å²) in [7, 11) is 0. The van der Waals surface area contributed by atoms with Gasteiger partial charge in [0, 0.05) is 12.6 Å². The maximum absolute atomic E-state index is 11.3. The quantitative estimate of drug-likeness (QED) is 0.533. The Bertz CT molecular complexity index is 286. The summed E-state index contributed by atoms with van der Waals surface area (Å²) in [5.74, 6) is 0.0654. The molecule has 0 saturated carbocycles. The van der Waals surface area contributed by atoms with Gasteiger partial charge in [0.2, 0.25) is 0 Å². The molecule has 1 rings (SSSR count). The molecule has 0 saturated heterocycles. The summed E-state index contributed by atoms with van der Waals surface area (Å²) in [5.41, 5.74) is 0.529. The molecule has 64 valence electrons. The maximum Gasteiger partial charge on any atom is 0.165 e. The van der Waals surface area contributed by atoms with Crippen molar-refractivity contribution in [1.29, 1.82) is 0 Å². The second kappa shape index (κ2) is 4.21. The SMILES string of the molecule is CCCC(=O)c1cccnc1Cl. The van der Waals surface area contributed by atoms with Crippen LogP contribution in [-0.4, -0.2) is 10.8 Å². The normalized spacial score (nSPS) is 9.83. The second-order valence-electron chi connectivity index (χ2n) is 2.51. The molecule has 1 aromatic rings. The van der Waals surface area contributed by atoms with Crippen LogP contribution >= 0.6 is 11.6 Å². The Hall–Kier alpha value is -0.890. The number of hydrogen-bond donors (Lipinski definition) is 0. The van der Waals surface area contributed by atoms with E-state index in [-0.39, 0.29) is 5.78 Å². The molecule has 1 aromatic heterocycles. The van der Waals surface area contributed by atoms with Crippen LogP contribution in [0.25, 0.3) is 0 Å². The van der Waals surface area contributed by atoms with Crippen molar-refractivity contribution in [2.75, 3.05) is 0 Å². The summed E-state index contributed by atoms with van der Waals surface area (Å²) >= 11 is 5.72. The average Bonchev–Trinajstić information content (AvgIpc) is 2.05. The fourth-order valence-electron chi connectivity index (χ4n) is 0.956. The van der Waals surface area contributed by atoms with Crippen LogP contribution in [0.15, 0.2) is 18.3 Å². The Balaban J connectivity index is 2.87. The van der Waals surface area contributed by atoms with E-state index in [2.05, 4.69) is 4.98 Å². The number of nitrogens with zero attached hydrogens (tertiary/aromatic N) is 1. The monoisotopic (exact) mass is 183 g/mol. The summed E-state index contributed by atoms with van der Waals surface area (Å²) in [5, 5.41) is 0.302. The summed E-state index contributed by atoms with van der Waals surface area (Å²) in [6.07, 6.45) is 2.94. The van der Waals surface area contributed by atoms with Gasteiger partial charge in [-0.3, -0.25) is 4.79 Å². The highest BCUT2D eigenvalue weighted by molar-refractivity contribution is 6.32. The first-order chi connectivity index (χ1) is 5.75. The van der Waals surface area contributed by atoms with Gasteiger partial charge in [0.1, 0.15) is 5.15 Å². The molecule has 0 aromatic carbocycles. The fourth-order valence-corrected chi connectivity index (χ4v) is 1.18. The Morgan fingerprint density at radius 1 is 1.67 bits per heavy atom. The van der Waals surface area contributed by atoms with Crippen molar-refractivity contribution in [2.24, 2.45) is 0 Å². The summed E-state index contributed by atoms with van der Waals surface area (Å²) < 4.78 is 0. The molecule has 0 atom stereocenters.